The van der Waals surface area contributed by atoms with E-state index < -0.39 is 41.4 Å². The number of nitrogen functional groups attached to an aromatic ring is 1. The van der Waals surface area contributed by atoms with Crippen LogP contribution >= 0.6 is 0 Å². The molecule has 3 N–H and O–H groups in total. The maximum absolute atomic E-state index is 13.0. The number of likely N-dealkylation sites (tertiary alicyclic amines) is 1. The van der Waals surface area contributed by atoms with E-state index in [1.165, 1.54) is 24.3 Å². The summed E-state index contributed by atoms with van der Waals surface area (Å²) in [6, 6.07) is 6.87. The summed E-state index contributed by atoms with van der Waals surface area (Å²) in [6.45, 7) is 7.45. The van der Waals surface area contributed by atoms with Crippen molar-refractivity contribution in [3.05, 3.63) is 65.2 Å². The van der Waals surface area contributed by atoms with Gasteiger partial charge >= 0.3 is 18.2 Å². The molecular formula is C29H33F3N6O5. The van der Waals surface area contributed by atoms with Crippen LogP contribution in [0, 0.1) is 0 Å². The number of benzene rings is 1. The first-order valence-electron chi connectivity index (χ1n) is 13.7. The van der Waals surface area contributed by atoms with Crippen LogP contribution in [-0.2, 0) is 15.7 Å². The Hall–Kier alpha value is -4.62. The molecule has 0 spiro atoms. The van der Waals surface area contributed by atoms with Gasteiger partial charge in [-0.25, -0.2) is 24.2 Å². The molecule has 14 heteroatoms. The summed E-state index contributed by atoms with van der Waals surface area (Å²) in [5.74, 6) is 5.01. The van der Waals surface area contributed by atoms with E-state index in [1.807, 2.05) is 0 Å². The maximum Gasteiger partial charge on any atom is 0.416 e. The molecule has 11 nitrogen and oxygen atoms in total. The SMILES string of the molecule is CCOC(=O)c1c(-c2ccc(C(=O)Nc3cc(C(F)(F)F)ccn3)cc2)nc([C@@H]2CCCCN2C(=O)OC(C)(C)C)n1N. The Morgan fingerprint density at radius 2 is 1.79 bits per heavy atom. The average molecular weight is 603 g/mol. The standard InChI is InChI=1S/C29H33F3N6O5/c1-5-42-26(40)23-22(36-24(38(23)33)20-8-6-7-15-37(20)27(41)43-28(2,3)4)17-9-11-18(12-10-17)25(39)35-21-16-19(13-14-34-21)29(30,31)32/h9-14,16,20H,5-8,15,33H2,1-4H3,(H,34,35,39)/t20-/m0/s1. The number of hydrogen-bond donors (Lipinski definition) is 2. The zero-order valence-electron chi connectivity index (χ0n) is 24.2. The number of imidazole rings is 1. The van der Waals surface area contributed by atoms with Crippen molar-refractivity contribution >= 4 is 23.8 Å². The number of alkyl halides is 3. The maximum atomic E-state index is 13.0. The van der Waals surface area contributed by atoms with Crippen molar-refractivity contribution in [2.24, 2.45) is 0 Å². The fourth-order valence-corrected chi connectivity index (χ4v) is 4.66. The van der Waals surface area contributed by atoms with Gasteiger partial charge in [-0.1, -0.05) is 12.1 Å². The fourth-order valence-electron chi connectivity index (χ4n) is 4.66. The molecule has 230 valence electrons. The third-order valence-electron chi connectivity index (χ3n) is 6.59. The Bertz CT molecular complexity index is 1500. The molecule has 1 fully saturated rings. The number of halogens is 3. The number of piperidine rings is 1. The van der Waals surface area contributed by atoms with Crippen molar-refractivity contribution < 1.29 is 37.0 Å². The minimum Gasteiger partial charge on any atom is -0.461 e. The molecule has 3 aromatic rings. The van der Waals surface area contributed by atoms with E-state index in [-0.39, 0.29) is 35.2 Å². The molecular weight excluding hydrogens is 569 g/mol. The molecule has 0 radical (unpaired) electrons. The quantitative estimate of drug-likeness (QED) is 0.276. The van der Waals surface area contributed by atoms with Gasteiger partial charge in [0.1, 0.15) is 17.1 Å². The van der Waals surface area contributed by atoms with Gasteiger partial charge < -0.3 is 20.6 Å². The van der Waals surface area contributed by atoms with Crippen LogP contribution in [0.25, 0.3) is 11.3 Å². The number of amides is 2. The van der Waals surface area contributed by atoms with Gasteiger partial charge in [0.15, 0.2) is 11.5 Å². The number of esters is 1. The number of carbonyl (C=O) groups is 3. The number of nitrogens with two attached hydrogens (primary N) is 1. The van der Waals surface area contributed by atoms with E-state index in [2.05, 4.69) is 15.3 Å². The molecule has 4 rings (SSSR count). The van der Waals surface area contributed by atoms with Crippen molar-refractivity contribution in [3.63, 3.8) is 0 Å². The average Bonchev–Trinajstić information content (AvgIpc) is 3.29. The summed E-state index contributed by atoms with van der Waals surface area (Å²) in [7, 11) is 0. The van der Waals surface area contributed by atoms with Gasteiger partial charge in [0, 0.05) is 23.9 Å². The van der Waals surface area contributed by atoms with E-state index in [1.54, 1.807) is 32.6 Å². The fraction of sp³-hybridized carbons (Fsp3) is 0.414. The monoisotopic (exact) mass is 602 g/mol. The van der Waals surface area contributed by atoms with Crippen LogP contribution in [-0.4, -0.2) is 56.3 Å². The topological polar surface area (TPSA) is 142 Å². The van der Waals surface area contributed by atoms with E-state index in [9.17, 15) is 27.6 Å². The number of pyridine rings is 1. The summed E-state index contributed by atoms with van der Waals surface area (Å²) >= 11 is 0. The Labute approximate surface area is 246 Å². The first kappa shape index (κ1) is 31.3. The molecule has 2 amide bonds. The van der Waals surface area contributed by atoms with Crippen LogP contribution in [0.4, 0.5) is 23.8 Å². The van der Waals surface area contributed by atoms with Crippen LogP contribution in [0.5, 0.6) is 0 Å². The van der Waals surface area contributed by atoms with E-state index in [0.717, 1.165) is 35.8 Å². The number of anilines is 1. The van der Waals surface area contributed by atoms with Crippen molar-refractivity contribution in [1.82, 2.24) is 19.5 Å². The van der Waals surface area contributed by atoms with Gasteiger partial charge in [0.25, 0.3) is 5.91 Å². The lowest BCUT2D eigenvalue weighted by atomic mass is 10.0. The van der Waals surface area contributed by atoms with Crippen LogP contribution in [0.2, 0.25) is 0 Å². The predicted molar refractivity (Wildman–Crippen MR) is 150 cm³/mol. The zero-order chi connectivity index (χ0) is 31.5. The molecule has 3 heterocycles. The molecule has 1 aromatic carbocycles. The minimum atomic E-state index is -4.59. The summed E-state index contributed by atoms with van der Waals surface area (Å²) in [5.41, 5.74) is -0.993. The Balaban J connectivity index is 1.65. The third-order valence-corrected chi connectivity index (χ3v) is 6.59. The van der Waals surface area contributed by atoms with Gasteiger partial charge in [0.2, 0.25) is 0 Å². The number of aromatic nitrogens is 3. The minimum absolute atomic E-state index is 0.0445. The highest BCUT2D eigenvalue weighted by Crippen LogP contribution is 2.35. The lowest BCUT2D eigenvalue weighted by Crippen LogP contribution is -2.43. The van der Waals surface area contributed by atoms with Crippen molar-refractivity contribution in [2.45, 2.75) is 64.8 Å². The predicted octanol–water partition coefficient (Wildman–Crippen LogP) is 5.57. The van der Waals surface area contributed by atoms with Gasteiger partial charge in [0.05, 0.1) is 18.2 Å². The Kier molecular flexibility index (Phi) is 8.97. The van der Waals surface area contributed by atoms with Gasteiger partial charge in [-0.2, -0.15) is 13.2 Å². The summed E-state index contributed by atoms with van der Waals surface area (Å²) in [4.78, 5) is 48.8. The molecule has 1 aliphatic rings. The highest BCUT2D eigenvalue weighted by molar-refractivity contribution is 6.04. The number of rotatable bonds is 6. The highest BCUT2D eigenvalue weighted by Gasteiger charge is 2.37. The van der Waals surface area contributed by atoms with Crippen molar-refractivity contribution in [1.29, 1.82) is 0 Å². The van der Waals surface area contributed by atoms with Crippen molar-refractivity contribution in [2.75, 3.05) is 24.3 Å². The highest BCUT2D eigenvalue weighted by atomic mass is 19.4. The van der Waals surface area contributed by atoms with Gasteiger partial charge in [-0.15, -0.1) is 0 Å². The van der Waals surface area contributed by atoms with Crippen LogP contribution < -0.4 is 11.2 Å². The normalized spacial score (nSPS) is 15.6. The largest absolute Gasteiger partial charge is 0.461 e. The molecule has 2 aromatic heterocycles. The number of ether oxygens (including phenoxy) is 2. The summed E-state index contributed by atoms with van der Waals surface area (Å²) < 4.78 is 51.1. The molecule has 1 saturated heterocycles. The molecule has 1 atom stereocenters. The second-order valence-corrected chi connectivity index (χ2v) is 10.9. The molecule has 0 saturated carbocycles. The van der Waals surface area contributed by atoms with Gasteiger partial charge in [-0.3, -0.25) is 9.69 Å². The summed E-state index contributed by atoms with van der Waals surface area (Å²) in [6.07, 6.45) is -2.06. The lowest BCUT2D eigenvalue weighted by molar-refractivity contribution is -0.137. The number of hydrogen-bond acceptors (Lipinski definition) is 8. The van der Waals surface area contributed by atoms with E-state index >= 15 is 0 Å². The molecule has 0 bridgehead atoms. The summed E-state index contributed by atoms with van der Waals surface area (Å²) in [5, 5.41) is 2.35. The third kappa shape index (κ3) is 7.24. The molecule has 0 unspecified atom stereocenters. The second-order valence-electron chi connectivity index (χ2n) is 10.9. The first-order chi connectivity index (χ1) is 20.2. The molecule has 43 heavy (non-hydrogen) atoms. The van der Waals surface area contributed by atoms with Crippen LogP contribution in [0.3, 0.4) is 0 Å². The Morgan fingerprint density at radius 1 is 1.09 bits per heavy atom. The molecule has 0 aliphatic carbocycles. The van der Waals surface area contributed by atoms with Crippen LogP contribution in [0.15, 0.2) is 42.6 Å². The lowest BCUT2D eigenvalue weighted by Gasteiger charge is -2.36. The number of nitrogens with zero attached hydrogens (tertiary/aromatic N) is 4. The smallest absolute Gasteiger partial charge is 0.416 e. The van der Waals surface area contributed by atoms with Gasteiger partial charge in [-0.05, 0) is 71.2 Å². The first-order valence-corrected chi connectivity index (χ1v) is 13.7. The second kappa shape index (κ2) is 12.3. The zero-order valence-corrected chi connectivity index (χ0v) is 24.2. The van der Waals surface area contributed by atoms with E-state index in [4.69, 9.17) is 15.3 Å². The Morgan fingerprint density at radius 3 is 2.42 bits per heavy atom. The van der Waals surface area contributed by atoms with E-state index in [0.29, 0.717) is 18.5 Å². The molecule has 1 aliphatic heterocycles. The van der Waals surface area contributed by atoms with Crippen LogP contribution in [0.1, 0.15) is 85.2 Å². The number of carbonyl (C=O) groups excluding carboxylic acids is 3. The van der Waals surface area contributed by atoms with Crippen molar-refractivity contribution in [3.8, 4) is 11.3 Å². The number of nitrogens with one attached hydrogen (secondary N) is 1.